The second kappa shape index (κ2) is 7.32. The fourth-order valence-electron chi connectivity index (χ4n) is 2.97. The number of benzene rings is 1. The zero-order valence-electron chi connectivity index (χ0n) is 15.5. The van der Waals surface area contributed by atoms with Crippen LogP contribution in [-0.4, -0.2) is 42.1 Å². The van der Waals surface area contributed by atoms with E-state index in [2.05, 4.69) is 9.88 Å². The van der Waals surface area contributed by atoms with E-state index in [1.807, 2.05) is 0 Å². The number of carbonyl (C=O) groups excluding carboxylic acids is 1. The normalized spacial score (nSPS) is 15.5. The average Bonchev–Trinajstić information content (AvgIpc) is 3.03. The molecule has 1 aliphatic heterocycles. The number of nitrogens with zero attached hydrogens (tertiary/aromatic N) is 2. The minimum absolute atomic E-state index is 0.0839. The second-order valence-electron chi connectivity index (χ2n) is 7.06. The van der Waals surface area contributed by atoms with Gasteiger partial charge in [-0.05, 0) is 42.5 Å². The molecule has 146 valence electrons. The van der Waals surface area contributed by atoms with E-state index in [0.29, 0.717) is 18.7 Å². The molecule has 1 amide bonds. The highest BCUT2D eigenvalue weighted by atomic mass is 32.2. The van der Waals surface area contributed by atoms with Gasteiger partial charge in [0, 0.05) is 19.2 Å². The molecule has 9 heteroatoms. The summed E-state index contributed by atoms with van der Waals surface area (Å²) in [6.07, 6.45) is -0.446. The first-order valence-corrected chi connectivity index (χ1v) is 10.2. The summed E-state index contributed by atoms with van der Waals surface area (Å²) < 4.78 is 32.4. The highest BCUT2D eigenvalue weighted by Gasteiger charge is 2.28. The highest BCUT2D eigenvalue weighted by Crippen LogP contribution is 2.25. The molecule has 0 saturated heterocycles. The van der Waals surface area contributed by atoms with Crippen LogP contribution in [0, 0.1) is 12.8 Å². The molecule has 0 radical (unpaired) electrons. The van der Waals surface area contributed by atoms with Crippen molar-refractivity contribution < 1.29 is 22.8 Å². The van der Waals surface area contributed by atoms with Crippen LogP contribution in [0.2, 0.25) is 0 Å². The molecule has 2 N–H and O–H groups in total. The van der Waals surface area contributed by atoms with Crippen molar-refractivity contribution in [1.29, 1.82) is 0 Å². The first-order chi connectivity index (χ1) is 12.7. The number of carbonyl (C=O) groups is 1. The van der Waals surface area contributed by atoms with Crippen LogP contribution in [0.3, 0.4) is 0 Å². The molecule has 1 atom stereocenters. The third-order valence-corrected chi connectivity index (χ3v) is 5.92. The zero-order chi connectivity index (χ0) is 19.8. The van der Waals surface area contributed by atoms with Gasteiger partial charge in [-0.15, -0.1) is 0 Å². The Hall–Kier alpha value is -2.39. The van der Waals surface area contributed by atoms with Gasteiger partial charge < -0.3 is 14.5 Å². The average molecular weight is 393 g/mol. The van der Waals surface area contributed by atoms with Crippen LogP contribution in [0.4, 0.5) is 5.82 Å². The predicted molar refractivity (Wildman–Crippen MR) is 98.5 cm³/mol. The van der Waals surface area contributed by atoms with Crippen LogP contribution < -0.4 is 4.72 Å². The lowest BCUT2D eigenvalue weighted by Crippen LogP contribution is -2.44. The smallest absolute Gasteiger partial charge is 0.263 e. The Labute approximate surface area is 158 Å². The first kappa shape index (κ1) is 19.4. The molecule has 0 fully saturated rings. The Kier molecular flexibility index (Phi) is 5.25. The van der Waals surface area contributed by atoms with E-state index in [1.54, 1.807) is 37.8 Å². The molecule has 1 aromatic carbocycles. The maximum absolute atomic E-state index is 12.6. The van der Waals surface area contributed by atoms with Crippen LogP contribution in [0.5, 0.6) is 0 Å². The molecule has 0 bridgehead atoms. The van der Waals surface area contributed by atoms with E-state index >= 15 is 0 Å². The lowest BCUT2D eigenvalue weighted by molar-refractivity contribution is -0.143. The third kappa shape index (κ3) is 4.14. The van der Waals surface area contributed by atoms with Crippen LogP contribution in [0.15, 0.2) is 33.7 Å². The predicted octanol–water partition coefficient (Wildman–Crippen LogP) is 1.69. The van der Waals surface area contributed by atoms with E-state index in [0.717, 1.165) is 11.1 Å². The van der Waals surface area contributed by atoms with E-state index in [1.165, 1.54) is 12.1 Å². The molecule has 0 saturated carbocycles. The number of aromatic nitrogens is 1. The fraction of sp³-hybridized carbons (Fsp3) is 0.444. The molecular weight excluding hydrogens is 370 g/mol. The van der Waals surface area contributed by atoms with Crippen molar-refractivity contribution in [2.24, 2.45) is 5.92 Å². The molecule has 0 spiro atoms. The summed E-state index contributed by atoms with van der Waals surface area (Å²) in [5, 5.41) is 13.7. The maximum atomic E-state index is 12.6. The Balaban J connectivity index is 1.82. The lowest BCUT2D eigenvalue weighted by Gasteiger charge is -2.31. The maximum Gasteiger partial charge on any atom is 0.263 e. The van der Waals surface area contributed by atoms with Crippen molar-refractivity contribution in [3.8, 4) is 0 Å². The second-order valence-corrected chi connectivity index (χ2v) is 8.74. The lowest BCUT2D eigenvalue weighted by atomic mass is 9.98. The molecule has 2 aromatic rings. The quantitative estimate of drug-likeness (QED) is 0.799. The number of amides is 1. The van der Waals surface area contributed by atoms with E-state index in [4.69, 9.17) is 4.52 Å². The number of aliphatic hydroxyl groups is 1. The van der Waals surface area contributed by atoms with Gasteiger partial charge in [0.15, 0.2) is 5.82 Å². The van der Waals surface area contributed by atoms with Crippen molar-refractivity contribution in [3.63, 3.8) is 0 Å². The number of hydrogen-bond donors (Lipinski definition) is 2. The molecular formula is C18H23N3O5S. The van der Waals surface area contributed by atoms with Gasteiger partial charge in [0.05, 0.1) is 4.90 Å². The fourth-order valence-corrected chi connectivity index (χ4v) is 4.01. The Morgan fingerprint density at radius 1 is 1.30 bits per heavy atom. The molecule has 27 heavy (non-hydrogen) atoms. The topological polar surface area (TPSA) is 113 Å². The van der Waals surface area contributed by atoms with Crippen LogP contribution in [-0.2, 0) is 27.8 Å². The Morgan fingerprint density at radius 3 is 2.67 bits per heavy atom. The van der Waals surface area contributed by atoms with Gasteiger partial charge in [-0.3, -0.25) is 9.52 Å². The summed E-state index contributed by atoms with van der Waals surface area (Å²) in [4.78, 5) is 14.1. The van der Waals surface area contributed by atoms with E-state index in [-0.39, 0.29) is 29.1 Å². The summed E-state index contributed by atoms with van der Waals surface area (Å²) in [5.74, 6) is 0.0962. The van der Waals surface area contributed by atoms with E-state index < -0.39 is 16.1 Å². The summed E-state index contributed by atoms with van der Waals surface area (Å²) in [6.45, 7) is 5.99. The number of aliphatic hydroxyl groups excluding tert-OH is 1. The van der Waals surface area contributed by atoms with Gasteiger partial charge in [-0.2, -0.15) is 0 Å². The Morgan fingerprint density at radius 2 is 2.04 bits per heavy atom. The van der Waals surface area contributed by atoms with Crippen molar-refractivity contribution in [3.05, 3.63) is 41.2 Å². The number of sulfonamides is 1. The largest absolute Gasteiger partial charge is 0.383 e. The molecule has 0 aliphatic carbocycles. The van der Waals surface area contributed by atoms with Gasteiger partial charge in [-0.1, -0.05) is 25.1 Å². The zero-order valence-corrected chi connectivity index (χ0v) is 16.3. The number of hydrogen-bond acceptors (Lipinski definition) is 6. The van der Waals surface area contributed by atoms with Crippen molar-refractivity contribution in [2.45, 2.75) is 44.7 Å². The number of aryl methyl sites for hydroxylation is 1. The molecule has 8 nitrogen and oxygen atoms in total. The number of anilines is 1. The molecule has 3 rings (SSSR count). The van der Waals surface area contributed by atoms with E-state index in [9.17, 15) is 18.3 Å². The minimum Gasteiger partial charge on any atom is -0.383 e. The van der Waals surface area contributed by atoms with Gasteiger partial charge in [0.25, 0.3) is 15.9 Å². The Bertz CT molecular complexity index is 952. The third-order valence-electron chi connectivity index (χ3n) is 4.56. The number of fused-ring (bicyclic) bond motifs is 1. The monoisotopic (exact) mass is 393 g/mol. The molecule has 1 aliphatic rings. The minimum atomic E-state index is -3.83. The van der Waals surface area contributed by atoms with Gasteiger partial charge in [-0.25, -0.2) is 8.42 Å². The van der Waals surface area contributed by atoms with Gasteiger partial charge >= 0.3 is 0 Å². The number of nitrogens with one attached hydrogen (secondary N) is 1. The summed E-state index contributed by atoms with van der Waals surface area (Å²) in [7, 11) is -3.83. The molecule has 1 aromatic heterocycles. The SMILES string of the molecule is Cc1cc(NS(=O)(=O)c2ccc3c(c2)CN(C(=O)[C@@H](O)C(C)C)CC3)no1. The van der Waals surface area contributed by atoms with Crippen LogP contribution >= 0.6 is 0 Å². The molecule has 2 heterocycles. The summed E-state index contributed by atoms with van der Waals surface area (Å²) in [6, 6.07) is 6.35. The van der Waals surface area contributed by atoms with Crippen molar-refractivity contribution >= 4 is 21.7 Å². The summed E-state index contributed by atoms with van der Waals surface area (Å²) >= 11 is 0. The summed E-state index contributed by atoms with van der Waals surface area (Å²) in [5.41, 5.74) is 1.75. The highest BCUT2D eigenvalue weighted by molar-refractivity contribution is 7.92. The van der Waals surface area contributed by atoms with Crippen molar-refractivity contribution in [1.82, 2.24) is 10.1 Å². The van der Waals surface area contributed by atoms with Gasteiger partial charge in [0.1, 0.15) is 11.9 Å². The van der Waals surface area contributed by atoms with Crippen LogP contribution in [0.1, 0.15) is 30.7 Å². The van der Waals surface area contributed by atoms with Crippen LogP contribution in [0.25, 0.3) is 0 Å². The van der Waals surface area contributed by atoms with Crippen molar-refractivity contribution in [2.75, 3.05) is 11.3 Å². The standard InChI is InChI=1S/C18H23N3O5S/c1-11(2)17(22)18(23)21-7-6-13-4-5-15(9-14(13)10-21)27(24,25)20-16-8-12(3)26-19-16/h4-5,8-9,11,17,22H,6-7,10H2,1-3H3,(H,19,20)/t17-/m0/s1. The number of rotatable bonds is 5. The molecule has 0 unspecified atom stereocenters. The first-order valence-electron chi connectivity index (χ1n) is 8.72. The van der Waals surface area contributed by atoms with Gasteiger partial charge in [0.2, 0.25) is 0 Å².